The summed E-state index contributed by atoms with van der Waals surface area (Å²) >= 11 is 0. The third-order valence-electron chi connectivity index (χ3n) is 5.64. The molecule has 27 heavy (non-hydrogen) atoms. The number of rotatable bonds is 3. The van der Waals surface area contributed by atoms with Gasteiger partial charge < -0.3 is 9.47 Å². The molecule has 1 aromatic carbocycles. The van der Waals surface area contributed by atoms with Gasteiger partial charge in [-0.25, -0.2) is 0 Å². The second kappa shape index (κ2) is 6.31. The first-order valence-electron chi connectivity index (χ1n) is 8.98. The summed E-state index contributed by atoms with van der Waals surface area (Å²) in [6.45, 7) is 4.82. The predicted molar refractivity (Wildman–Crippen MR) is 88.3 cm³/mol. The molecule has 2 saturated heterocycles. The van der Waals surface area contributed by atoms with E-state index in [-0.39, 0.29) is 35.3 Å². The summed E-state index contributed by atoms with van der Waals surface area (Å²) in [7, 11) is 0. The van der Waals surface area contributed by atoms with E-state index in [9.17, 15) is 22.8 Å². The van der Waals surface area contributed by atoms with Crippen LogP contribution in [0.15, 0.2) is 18.2 Å². The number of ether oxygens (including phenoxy) is 2. The van der Waals surface area contributed by atoms with E-state index in [0.717, 1.165) is 4.90 Å². The number of imide groups is 1. The van der Waals surface area contributed by atoms with Crippen LogP contribution in [0.2, 0.25) is 0 Å². The van der Waals surface area contributed by atoms with Crippen molar-refractivity contribution >= 4 is 11.8 Å². The topological polar surface area (TPSA) is 55.8 Å². The molecule has 0 aromatic heterocycles. The van der Waals surface area contributed by atoms with Crippen molar-refractivity contribution in [2.45, 2.75) is 44.7 Å². The summed E-state index contributed by atoms with van der Waals surface area (Å²) in [5.41, 5.74) is 0.109. The van der Waals surface area contributed by atoms with Gasteiger partial charge in [-0.1, -0.05) is 19.9 Å². The molecule has 0 spiro atoms. The number of fused-ring (bicyclic) bond motifs is 2. The zero-order chi connectivity index (χ0) is 19.5. The van der Waals surface area contributed by atoms with Crippen LogP contribution >= 0.6 is 0 Å². The van der Waals surface area contributed by atoms with Gasteiger partial charge in [-0.05, 0) is 23.6 Å². The number of carbonyl (C=O) groups is 2. The minimum absolute atomic E-state index is 0.0172. The van der Waals surface area contributed by atoms with Gasteiger partial charge in [0.25, 0.3) is 11.8 Å². The second-order valence-electron chi connectivity index (χ2n) is 7.72. The van der Waals surface area contributed by atoms with Crippen molar-refractivity contribution in [3.8, 4) is 0 Å². The molecule has 4 unspecified atom stereocenters. The Morgan fingerprint density at radius 1 is 1.07 bits per heavy atom. The maximum Gasteiger partial charge on any atom is 0.393 e. The van der Waals surface area contributed by atoms with Crippen molar-refractivity contribution in [2.75, 3.05) is 13.2 Å². The SMILES string of the molecule is CC(C)C1COC2C1OCC2N1C(=O)c2ccc(CC(F)(F)F)cc2C1=O. The molecule has 4 atom stereocenters. The molecule has 0 radical (unpaired) electrons. The number of nitrogens with zero attached hydrogens (tertiary/aromatic N) is 1. The maximum absolute atomic E-state index is 12.8. The number of amides is 2. The van der Waals surface area contributed by atoms with Gasteiger partial charge in [0.2, 0.25) is 0 Å². The van der Waals surface area contributed by atoms with E-state index in [1.54, 1.807) is 0 Å². The van der Waals surface area contributed by atoms with E-state index in [1.807, 2.05) is 0 Å². The molecule has 1 aromatic rings. The minimum Gasteiger partial charge on any atom is -0.373 e. The lowest BCUT2D eigenvalue weighted by Gasteiger charge is -2.25. The van der Waals surface area contributed by atoms with Crippen LogP contribution in [0.4, 0.5) is 13.2 Å². The molecule has 2 fully saturated rings. The lowest BCUT2D eigenvalue weighted by atomic mass is 9.90. The summed E-state index contributed by atoms with van der Waals surface area (Å²) in [4.78, 5) is 26.7. The molecule has 0 aliphatic carbocycles. The van der Waals surface area contributed by atoms with Crippen molar-refractivity contribution < 1.29 is 32.2 Å². The molecule has 3 heterocycles. The molecule has 0 N–H and O–H groups in total. The summed E-state index contributed by atoms with van der Waals surface area (Å²) in [6.07, 6.45) is -6.09. The average molecular weight is 383 g/mol. The average Bonchev–Trinajstić information content (AvgIpc) is 3.21. The summed E-state index contributed by atoms with van der Waals surface area (Å²) in [5, 5.41) is 0. The van der Waals surface area contributed by atoms with Gasteiger partial charge in [-0.2, -0.15) is 13.2 Å². The van der Waals surface area contributed by atoms with Crippen LogP contribution in [0.25, 0.3) is 0 Å². The van der Waals surface area contributed by atoms with E-state index in [0.29, 0.717) is 12.5 Å². The third kappa shape index (κ3) is 3.04. The molecule has 4 rings (SSSR count). The fourth-order valence-electron chi connectivity index (χ4n) is 4.25. The summed E-state index contributed by atoms with van der Waals surface area (Å²) in [6, 6.07) is 3.16. The van der Waals surface area contributed by atoms with Crippen LogP contribution in [0.5, 0.6) is 0 Å². The molecule has 3 aliphatic heterocycles. The number of carbonyl (C=O) groups excluding carboxylic acids is 2. The van der Waals surface area contributed by atoms with E-state index < -0.39 is 36.6 Å². The van der Waals surface area contributed by atoms with Gasteiger partial charge >= 0.3 is 6.18 Å². The Morgan fingerprint density at radius 3 is 2.41 bits per heavy atom. The number of alkyl halides is 3. The predicted octanol–water partition coefficient (Wildman–Crippen LogP) is 2.83. The van der Waals surface area contributed by atoms with Crippen LogP contribution < -0.4 is 0 Å². The molecule has 0 saturated carbocycles. The number of hydrogen-bond donors (Lipinski definition) is 0. The van der Waals surface area contributed by atoms with Crippen LogP contribution in [0.1, 0.15) is 40.1 Å². The standard InChI is InChI=1S/C19H20F3NO4/c1-9(2)13-7-26-16-14(8-27-15(13)16)23-17(24)11-4-3-10(6-19(20,21)22)5-12(11)18(23)25/h3-5,9,13-16H,6-8H2,1-2H3. The van der Waals surface area contributed by atoms with Crippen molar-refractivity contribution in [2.24, 2.45) is 11.8 Å². The smallest absolute Gasteiger partial charge is 0.373 e. The van der Waals surface area contributed by atoms with Crippen molar-refractivity contribution in [1.82, 2.24) is 4.90 Å². The van der Waals surface area contributed by atoms with Gasteiger partial charge in [-0.15, -0.1) is 0 Å². The Kier molecular flexibility index (Phi) is 4.31. The first-order chi connectivity index (χ1) is 12.7. The van der Waals surface area contributed by atoms with Crippen molar-refractivity contribution in [1.29, 1.82) is 0 Å². The Hall–Kier alpha value is -1.93. The van der Waals surface area contributed by atoms with Gasteiger partial charge in [0.1, 0.15) is 6.10 Å². The molecule has 146 valence electrons. The number of hydrogen-bond acceptors (Lipinski definition) is 4. The summed E-state index contributed by atoms with van der Waals surface area (Å²) in [5.74, 6) is -0.552. The Morgan fingerprint density at radius 2 is 1.74 bits per heavy atom. The molecular formula is C19H20F3NO4. The highest BCUT2D eigenvalue weighted by atomic mass is 19.4. The van der Waals surface area contributed by atoms with E-state index in [2.05, 4.69) is 13.8 Å². The number of benzene rings is 1. The Balaban J connectivity index is 1.59. The van der Waals surface area contributed by atoms with Gasteiger partial charge in [-0.3, -0.25) is 14.5 Å². The molecule has 8 heteroatoms. The first kappa shape index (κ1) is 18.4. The van der Waals surface area contributed by atoms with E-state index in [4.69, 9.17) is 9.47 Å². The fraction of sp³-hybridized carbons (Fsp3) is 0.579. The lowest BCUT2D eigenvalue weighted by molar-refractivity contribution is -0.127. The first-order valence-corrected chi connectivity index (χ1v) is 8.98. The molecule has 5 nitrogen and oxygen atoms in total. The van der Waals surface area contributed by atoms with Crippen LogP contribution in [0, 0.1) is 11.8 Å². The van der Waals surface area contributed by atoms with Crippen LogP contribution in [-0.4, -0.2) is 54.4 Å². The number of halogens is 3. The maximum atomic E-state index is 12.8. The van der Waals surface area contributed by atoms with Gasteiger partial charge in [0.05, 0.1) is 42.9 Å². The van der Waals surface area contributed by atoms with E-state index in [1.165, 1.54) is 18.2 Å². The van der Waals surface area contributed by atoms with Gasteiger partial charge in [0.15, 0.2) is 0 Å². The molecule has 2 amide bonds. The fourth-order valence-corrected chi connectivity index (χ4v) is 4.25. The quantitative estimate of drug-likeness (QED) is 0.754. The van der Waals surface area contributed by atoms with Crippen molar-refractivity contribution in [3.05, 3.63) is 34.9 Å². The molecular weight excluding hydrogens is 363 g/mol. The highest BCUT2D eigenvalue weighted by molar-refractivity contribution is 6.21. The zero-order valence-corrected chi connectivity index (χ0v) is 15.0. The third-order valence-corrected chi connectivity index (χ3v) is 5.64. The van der Waals surface area contributed by atoms with Crippen LogP contribution in [-0.2, 0) is 15.9 Å². The molecule has 3 aliphatic rings. The Labute approximate surface area is 154 Å². The van der Waals surface area contributed by atoms with Crippen LogP contribution in [0.3, 0.4) is 0 Å². The highest BCUT2D eigenvalue weighted by Crippen LogP contribution is 2.39. The minimum atomic E-state index is -4.38. The van der Waals surface area contributed by atoms with E-state index >= 15 is 0 Å². The lowest BCUT2D eigenvalue weighted by Crippen LogP contribution is -2.47. The summed E-state index contributed by atoms with van der Waals surface area (Å²) < 4.78 is 49.6. The van der Waals surface area contributed by atoms with Crippen molar-refractivity contribution in [3.63, 3.8) is 0 Å². The normalized spacial score (nSPS) is 30.4. The zero-order valence-electron chi connectivity index (χ0n) is 15.0. The Bertz CT molecular complexity index is 792. The highest BCUT2D eigenvalue weighted by Gasteiger charge is 2.54. The van der Waals surface area contributed by atoms with Gasteiger partial charge in [0, 0.05) is 5.92 Å². The molecule has 0 bridgehead atoms. The monoisotopic (exact) mass is 383 g/mol. The largest absolute Gasteiger partial charge is 0.393 e. The second-order valence-corrected chi connectivity index (χ2v) is 7.72.